The van der Waals surface area contributed by atoms with Crippen LogP contribution in [0.5, 0.6) is 0 Å². The van der Waals surface area contributed by atoms with Crippen LogP contribution in [-0.2, 0) is 0 Å². The van der Waals surface area contributed by atoms with Crippen molar-refractivity contribution in [1.29, 1.82) is 0 Å². The van der Waals surface area contributed by atoms with Crippen molar-refractivity contribution in [3.05, 3.63) is 0 Å². The predicted octanol–water partition coefficient (Wildman–Crippen LogP) is 1.94. The van der Waals surface area contributed by atoms with Crippen LogP contribution in [0.2, 0.25) is 0 Å². The van der Waals surface area contributed by atoms with Gasteiger partial charge in [0.05, 0.1) is 5.71 Å². The highest BCUT2D eigenvalue weighted by Gasteiger charge is 2.18. The van der Waals surface area contributed by atoms with Gasteiger partial charge in [0.15, 0.2) is 0 Å². The van der Waals surface area contributed by atoms with E-state index >= 15 is 0 Å². The number of hydrogen-bond donors (Lipinski definition) is 2. The zero-order valence-electron chi connectivity index (χ0n) is 11.4. The van der Waals surface area contributed by atoms with Crippen molar-refractivity contribution in [1.82, 2.24) is 10.2 Å². The lowest BCUT2D eigenvalue weighted by atomic mass is 9.98. The molecule has 0 fully saturated rings. The van der Waals surface area contributed by atoms with Gasteiger partial charge in [0.1, 0.15) is 0 Å². The standard InChI is InChI=1S/C12H27N3O/c1-6-15(7-2)9-8-13-12(4,5)10-11(3)14-16/h13,16H,6-10H2,1-5H3/b14-11+. The molecule has 0 aromatic carbocycles. The molecule has 0 radical (unpaired) electrons. The molecular weight excluding hydrogens is 202 g/mol. The lowest BCUT2D eigenvalue weighted by Crippen LogP contribution is -2.44. The topological polar surface area (TPSA) is 47.9 Å². The maximum Gasteiger partial charge on any atom is 0.0558 e. The van der Waals surface area contributed by atoms with Gasteiger partial charge in [0, 0.05) is 25.0 Å². The smallest absolute Gasteiger partial charge is 0.0558 e. The molecule has 0 unspecified atom stereocenters. The Labute approximate surface area is 99.7 Å². The van der Waals surface area contributed by atoms with Crippen LogP contribution in [0.15, 0.2) is 5.16 Å². The second-order valence-electron chi connectivity index (χ2n) is 4.85. The van der Waals surface area contributed by atoms with E-state index in [-0.39, 0.29) is 5.54 Å². The number of likely N-dealkylation sites (N-methyl/N-ethyl adjacent to an activating group) is 1. The second kappa shape index (κ2) is 7.63. The fraction of sp³-hybridized carbons (Fsp3) is 0.917. The molecule has 0 atom stereocenters. The first kappa shape index (κ1) is 15.4. The Bertz CT molecular complexity index is 210. The van der Waals surface area contributed by atoms with Gasteiger partial charge in [-0.1, -0.05) is 19.0 Å². The molecule has 2 N–H and O–H groups in total. The van der Waals surface area contributed by atoms with Gasteiger partial charge in [0.2, 0.25) is 0 Å². The quantitative estimate of drug-likeness (QED) is 0.380. The van der Waals surface area contributed by atoms with Crippen molar-refractivity contribution < 1.29 is 5.21 Å². The van der Waals surface area contributed by atoms with Crippen LogP contribution in [0.3, 0.4) is 0 Å². The van der Waals surface area contributed by atoms with Gasteiger partial charge in [-0.15, -0.1) is 0 Å². The third-order valence-electron chi connectivity index (χ3n) is 2.79. The van der Waals surface area contributed by atoms with Crippen LogP contribution >= 0.6 is 0 Å². The predicted molar refractivity (Wildman–Crippen MR) is 69.4 cm³/mol. The summed E-state index contributed by atoms with van der Waals surface area (Å²) in [7, 11) is 0. The van der Waals surface area contributed by atoms with Gasteiger partial charge in [-0.25, -0.2) is 0 Å². The van der Waals surface area contributed by atoms with E-state index in [0.29, 0.717) is 0 Å². The summed E-state index contributed by atoms with van der Waals surface area (Å²) in [6, 6.07) is 0. The highest BCUT2D eigenvalue weighted by molar-refractivity contribution is 5.82. The Balaban J connectivity index is 3.90. The Morgan fingerprint density at radius 2 is 1.88 bits per heavy atom. The lowest BCUT2D eigenvalue weighted by molar-refractivity contribution is 0.280. The van der Waals surface area contributed by atoms with Crippen LogP contribution in [0, 0.1) is 0 Å². The van der Waals surface area contributed by atoms with Crippen molar-refractivity contribution in [3.63, 3.8) is 0 Å². The summed E-state index contributed by atoms with van der Waals surface area (Å²) >= 11 is 0. The monoisotopic (exact) mass is 229 g/mol. The van der Waals surface area contributed by atoms with Crippen molar-refractivity contribution >= 4 is 5.71 Å². The summed E-state index contributed by atoms with van der Waals surface area (Å²) < 4.78 is 0. The van der Waals surface area contributed by atoms with E-state index < -0.39 is 0 Å². The first-order valence-corrected chi connectivity index (χ1v) is 6.10. The van der Waals surface area contributed by atoms with Crippen LogP contribution < -0.4 is 5.32 Å². The Morgan fingerprint density at radius 1 is 1.31 bits per heavy atom. The summed E-state index contributed by atoms with van der Waals surface area (Å²) in [5.41, 5.74) is 0.754. The molecule has 96 valence electrons. The molecule has 0 amide bonds. The van der Waals surface area contributed by atoms with Crippen LogP contribution in [0.1, 0.15) is 41.0 Å². The molecule has 0 aliphatic rings. The van der Waals surface area contributed by atoms with Crippen molar-refractivity contribution in [3.8, 4) is 0 Å². The molecule has 4 heteroatoms. The van der Waals surface area contributed by atoms with E-state index in [1.165, 1.54) is 0 Å². The van der Waals surface area contributed by atoms with Crippen molar-refractivity contribution in [2.45, 2.75) is 46.6 Å². The molecule has 0 saturated heterocycles. The number of rotatable bonds is 8. The normalized spacial score (nSPS) is 13.5. The zero-order valence-corrected chi connectivity index (χ0v) is 11.4. The van der Waals surface area contributed by atoms with Gasteiger partial charge in [-0.05, 0) is 33.9 Å². The highest BCUT2D eigenvalue weighted by atomic mass is 16.4. The van der Waals surface area contributed by atoms with Crippen molar-refractivity contribution in [2.24, 2.45) is 5.16 Å². The summed E-state index contributed by atoms with van der Waals surface area (Å²) in [5, 5.41) is 15.3. The van der Waals surface area contributed by atoms with E-state index in [1.54, 1.807) is 0 Å². The van der Waals surface area contributed by atoms with E-state index in [9.17, 15) is 0 Å². The lowest BCUT2D eigenvalue weighted by Gasteiger charge is -2.28. The maximum atomic E-state index is 8.64. The second-order valence-corrected chi connectivity index (χ2v) is 4.85. The molecule has 0 spiro atoms. The largest absolute Gasteiger partial charge is 0.411 e. The van der Waals surface area contributed by atoms with Gasteiger partial charge in [-0.2, -0.15) is 0 Å². The molecule has 0 saturated carbocycles. The summed E-state index contributed by atoms with van der Waals surface area (Å²) in [6.45, 7) is 14.7. The minimum absolute atomic E-state index is 0.0105. The minimum atomic E-state index is -0.0105. The molecule has 0 aromatic heterocycles. The zero-order chi connectivity index (χ0) is 12.6. The molecule has 0 aromatic rings. The number of nitrogens with zero attached hydrogens (tertiary/aromatic N) is 2. The molecule has 0 rings (SSSR count). The van der Waals surface area contributed by atoms with Crippen molar-refractivity contribution in [2.75, 3.05) is 26.2 Å². The maximum absolute atomic E-state index is 8.64. The number of oxime groups is 1. The Hall–Kier alpha value is -0.610. The Kier molecular flexibility index (Phi) is 7.34. The van der Waals surface area contributed by atoms with Gasteiger partial charge in [-0.3, -0.25) is 0 Å². The van der Waals surface area contributed by atoms with E-state index in [0.717, 1.165) is 38.3 Å². The third-order valence-corrected chi connectivity index (χ3v) is 2.79. The highest BCUT2D eigenvalue weighted by Crippen LogP contribution is 2.09. The van der Waals surface area contributed by atoms with E-state index in [1.807, 2.05) is 6.92 Å². The molecule has 16 heavy (non-hydrogen) atoms. The minimum Gasteiger partial charge on any atom is -0.411 e. The van der Waals surface area contributed by atoms with Crippen LogP contribution in [-0.4, -0.2) is 47.5 Å². The molecule has 4 nitrogen and oxygen atoms in total. The summed E-state index contributed by atoms with van der Waals surface area (Å²) in [6.07, 6.45) is 0.766. The van der Waals surface area contributed by atoms with E-state index in [4.69, 9.17) is 5.21 Å². The average Bonchev–Trinajstić information content (AvgIpc) is 2.23. The molecule has 0 heterocycles. The molecule has 0 aliphatic carbocycles. The molecular formula is C12H27N3O. The van der Waals surface area contributed by atoms with Gasteiger partial charge in [0.25, 0.3) is 0 Å². The third kappa shape index (κ3) is 6.80. The summed E-state index contributed by atoms with van der Waals surface area (Å²) in [5.74, 6) is 0. The first-order valence-electron chi connectivity index (χ1n) is 6.10. The fourth-order valence-corrected chi connectivity index (χ4v) is 1.83. The van der Waals surface area contributed by atoms with Gasteiger partial charge >= 0.3 is 0 Å². The van der Waals surface area contributed by atoms with Gasteiger partial charge < -0.3 is 15.4 Å². The summed E-state index contributed by atoms with van der Waals surface area (Å²) in [4.78, 5) is 2.38. The molecule has 0 bridgehead atoms. The van der Waals surface area contributed by atoms with E-state index in [2.05, 4.69) is 43.1 Å². The Morgan fingerprint density at radius 3 is 2.31 bits per heavy atom. The average molecular weight is 229 g/mol. The fourth-order valence-electron chi connectivity index (χ4n) is 1.83. The first-order chi connectivity index (χ1) is 7.45. The molecule has 0 aliphatic heterocycles. The van der Waals surface area contributed by atoms with Crippen LogP contribution in [0.4, 0.5) is 0 Å². The SMILES string of the molecule is CCN(CC)CCNC(C)(C)C/C(C)=N/O. The van der Waals surface area contributed by atoms with Crippen LogP contribution in [0.25, 0.3) is 0 Å². The number of nitrogens with one attached hydrogen (secondary N) is 1. The number of hydrogen-bond acceptors (Lipinski definition) is 4.